The second-order valence-corrected chi connectivity index (χ2v) is 2.98. The lowest BCUT2D eigenvalue weighted by atomic mass is 10.2. The van der Waals surface area contributed by atoms with Crippen LogP contribution in [0.3, 0.4) is 0 Å². The molecule has 1 atom stereocenters. The molecule has 1 aromatic rings. The SMILES string of the molecule is OOP(O)OCc1ccccc1. The Labute approximate surface area is 71.3 Å². The van der Waals surface area contributed by atoms with Crippen LogP contribution in [0.15, 0.2) is 30.3 Å². The van der Waals surface area contributed by atoms with Crippen molar-refractivity contribution in [2.75, 3.05) is 0 Å². The summed E-state index contributed by atoms with van der Waals surface area (Å²) in [5.41, 5.74) is 0.913. The van der Waals surface area contributed by atoms with Crippen LogP contribution in [0.5, 0.6) is 0 Å². The zero-order valence-corrected chi connectivity index (χ0v) is 7.15. The highest BCUT2D eigenvalue weighted by Crippen LogP contribution is 2.31. The molecule has 4 nitrogen and oxygen atoms in total. The molecule has 0 aliphatic rings. The summed E-state index contributed by atoms with van der Waals surface area (Å²) < 4.78 is 8.30. The molecule has 66 valence electrons. The van der Waals surface area contributed by atoms with E-state index in [-0.39, 0.29) is 6.61 Å². The predicted octanol–water partition coefficient (Wildman–Crippen LogP) is 1.91. The number of hydrogen-bond acceptors (Lipinski definition) is 4. The highest BCUT2D eigenvalue weighted by molar-refractivity contribution is 7.40. The molecule has 0 spiro atoms. The summed E-state index contributed by atoms with van der Waals surface area (Å²) >= 11 is 0. The monoisotopic (exact) mass is 188 g/mol. The molecule has 0 heterocycles. The van der Waals surface area contributed by atoms with Crippen LogP contribution >= 0.6 is 8.60 Å². The van der Waals surface area contributed by atoms with Crippen LogP contribution in [0.25, 0.3) is 0 Å². The zero-order valence-electron chi connectivity index (χ0n) is 6.25. The maximum absolute atomic E-state index is 8.69. The average molecular weight is 188 g/mol. The molecule has 12 heavy (non-hydrogen) atoms. The van der Waals surface area contributed by atoms with Crippen molar-refractivity contribution in [3.05, 3.63) is 35.9 Å². The molecule has 1 rings (SSSR count). The van der Waals surface area contributed by atoms with Gasteiger partial charge in [-0.3, -0.25) is 0 Å². The molecule has 2 N–H and O–H groups in total. The normalized spacial score (nSPS) is 12.8. The molecule has 0 saturated heterocycles. The third kappa shape index (κ3) is 3.26. The number of benzene rings is 1. The summed E-state index contributed by atoms with van der Waals surface area (Å²) in [4.78, 5) is 8.69. The van der Waals surface area contributed by atoms with Crippen LogP contribution in [-0.4, -0.2) is 10.2 Å². The van der Waals surface area contributed by atoms with Crippen LogP contribution in [0.2, 0.25) is 0 Å². The van der Waals surface area contributed by atoms with Gasteiger partial charge in [0.2, 0.25) is 0 Å². The van der Waals surface area contributed by atoms with Gasteiger partial charge in [0, 0.05) is 0 Å². The quantitative estimate of drug-likeness (QED) is 0.430. The summed E-state index contributed by atoms with van der Waals surface area (Å²) in [5.74, 6) is 0. The summed E-state index contributed by atoms with van der Waals surface area (Å²) in [5, 5.41) is 7.97. The maximum Gasteiger partial charge on any atom is 0.360 e. The van der Waals surface area contributed by atoms with Gasteiger partial charge in [0.05, 0.1) is 6.61 Å². The van der Waals surface area contributed by atoms with Crippen molar-refractivity contribution in [2.45, 2.75) is 6.61 Å². The van der Waals surface area contributed by atoms with Gasteiger partial charge in [-0.2, -0.15) is 4.67 Å². The van der Waals surface area contributed by atoms with E-state index in [1.165, 1.54) is 0 Å². The first kappa shape index (κ1) is 9.58. The summed E-state index contributed by atoms with van der Waals surface area (Å²) in [6, 6.07) is 9.30. The molecule has 0 aliphatic carbocycles. The Balaban J connectivity index is 2.33. The van der Waals surface area contributed by atoms with Gasteiger partial charge >= 0.3 is 8.60 Å². The lowest BCUT2D eigenvalue weighted by molar-refractivity contribution is -0.150. The second kappa shape index (κ2) is 5.19. The van der Waals surface area contributed by atoms with E-state index in [0.717, 1.165) is 5.56 Å². The third-order valence-corrected chi connectivity index (χ3v) is 1.74. The zero-order chi connectivity index (χ0) is 8.81. The third-order valence-electron chi connectivity index (χ3n) is 1.25. The van der Waals surface area contributed by atoms with E-state index in [2.05, 4.69) is 4.67 Å². The van der Waals surface area contributed by atoms with E-state index in [1.54, 1.807) is 0 Å². The Morgan fingerprint density at radius 2 is 1.92 bits per heavy atom. The minimum Gasteiger partial charge on any atom is -0.326 e. The van der Waals surface area contributed by atoms with E-state index >= 15 is 0 Å². The van der Waals surface area contributed by atoms with Crippen molar-refractivity contribution in [2.24, 2.45) is 0 Å². The molecular formula is C7H9O4P. The van der Waals surface area contributed by atoms with Gasteiger partial charge in [0.25, 0.3) is 0 Å². The lowest BCUT2D eigenvalue weighted by Gasteiger charge is -2.04. The smallest absolute Gasteiger partial charge is 0.326 e. The van der Waals surface area contributed by atoms with Gasteiger partial charge in [-0.05, 0) is 5.56 Å². The summed E-state index contributed by atoms with van der Waals surface area (Å²) in [7, 11) is -2.15. The highest BCUT2D eigenvalue weighted by Gasteiger charge is 2.04. The average Bonchev–Trinajstić information content (AvgIpc) is 2.16. The molecule has 0 amide bonds. The van der Waals surface area contributed by atoms with E-state index in [4.69, 9.17) is 14.7 Å². The van der Waals surface area contributed by atoms with Gasteiger partial charge in [0.1, 0.15) is 0 Å². The summed E-state index contributed by atoms with van der Waals surface area (Å²) in [6.07, 6.45) is 0. The Morgan fingerprint density at radius 1 is 1.25 bits per heavy atom. The molecule has 0 aromatic heterocycles. The Morgan fingerprint density at radius 3 is 2.50 bits per heavy atom. The van der Waals surface area contributed by atoms with Crippen molar-refractivity contribution >= 4 is 8.60 Å². The first-order valence-corrected chi connectivity index (χ1v) is 4.43. The van der Waals surface area contributed by atoms with E-state index < -0.39 is 8.60 Å². The predicted molar refractivity (Wildman–Crippen MR) is 44.1 cm³/mol. The van der Waals surface area contributed by atoms with E-state index in [1.807, 2.05) is 30.3 Å². The molecule has 0 bridgehead atoms. The molecule has 0 aliphatic heterocycles. The lowest BCUT2D eigenvalue weighted by Crippen LogP contribution is -1.88. The highest BCUT2D eigenvalue weighted by atomic mass is 31.2. The van der Waals surface area contributed by atoms with Crippen molar-refractivity contribution < 1.29 is 19.3 Å². The fourth-order valence-electron chi connectivity index (χ4n) is 0.728. The maximum atomic E-state index is 8.69. The summed E-state index contributed by atoms with van der Waals surface area (Å²) in [6.45, 7) is 0.226. The molecule has 0 radical (unpaired) electrons. The number of rotatable bonds is 4. The molecule has 0 saturated carbocycles. The van der Waals surface area contributed by atoms with Gasteiger partial charge in [-0.25, -0.2) is 5.26 Å². The fourth-order valence-corrected chi connectivity index (χ4v) is 1.03. The van der Waals surface area contributed by atoms with Gasteiger partial charge in [-0.1, -0.05) is 30.3 Å². The van der Waals surface area contributed by atoms with Crippen LogP contribution < -0.4 is 0 Å². The van der Waals surface area contributed by atoms with Crippen molar-refractivity contribution in [1.82, 2.24) is 0 Å². The fraction of sp³-hybridized carbons (Fsp3) is 0.143. The Kier molecular flexibility index (Phi) is 4.14. The minimum absolute atomic E-state index is 0.226. The first-order valence-electron chi connectivity index (χ1n) is 3.30. The van der Waals surface area contributed by atoms with Crippen LogP contribution in [0.4, 0.5) is 0 Å². The second-order valence-electron chi connectivity index (χ2n) is 2.08. The molecule has 5 heteroatoms. The van der Waals surface area contributed by atoms with Crippen molar-refractivity contribution in [3.8, 4) is 0 Å². The van der Waals surface area contributed by atoms with Crippen molar-refractivity contribution in [1.29, 1.82) is 0 Å². The molecular weight excluding hydrogens is 179 g/mol. The largest absolute Gasteiger partial charge is 0.360 e. The minimum atomic E-state index is -2.15. The van der Waals surface area contributed by atoms with Crippen LogP contribution in [0, 0.1) is 0 Å². The topological polar surface area (TPSA) is 58.9 Å². The van der Waals surface area contributed by atoms with Gasteiger partial charge in [-0.15, -0.1) is 0 Å². The van der Waals surface area contributed by atoms with E-state index in [9.17, 15) is 0 Å². The molecule has 1 aromatic carbocycles. The molecule has 1 unspecified atom stereocenters. The van der Waals surface area contributed by atoms with Crippen LogP contribution in [0.1, 0.15) is 5.56 Å². The Bertz CT molecular complexity index is 216. The standard InChI is InChI=1S/C7H9O4P/c8-11-12(9)10-6-7-4-2-1-3-5-7/h1-5,8-9H,6H2. The van der Waals surface area contributed by atoms with Crippen LogP contribution in [-0.2, 0) is 15.8 Å². The molecule has 0 fully saturated rings. The number of hydrogen-bond donors (Lipinski definition) is 2. The first-order chi connectivity index (χ1) is 5.83. The Hall–Kier alpha value is -0.510. The van der Waals surface area contributed by atoms with E-state index in [0.29, 0.717) is 0 Å². The van der Waals surface area contributed by atoms with Crippen molar-refractivity contribution in [3.63, 3.8) is 0 Å². The van der Waals surface area contributed by atoms with Gasteiger partial charge < -0.3 is 9.42 Å². The van der Waals surface area contributed by atoms with Gasteiger partial charge in [0.15, 0.2) is 0 Å².